The Labute approximate surface area is 96.8 Å². The molecule has 3 nitrogen and oxygen atoms in total. The van der Waals surface area contributed by atoms with Gasteiger partial charge in [-0.25, -0.2) is 0 Å². The molecule has 0 spiro atoms. The van der Waals surface area contributed by atoms with Gasteiger partial charge in [0.1, 0.15) is 0 Å². The van der Waals surface area contributed by atoms with E-state index in [0.717, 1.165) is 18.6 Å². The predicted octanol–water partition coefficient (Wildman–Crippen LogP) is 2.33. The largest absolute Gasteiger partial charge is 0.375 e. The number of nitrogens with two attached hydrogens (primary N) is 1. The minimum absolute atomic E-state index is 0.230. The lowest BCUT2D eigenvalue weighted by atomic mass is 9.84. The van der Waals surface area contributed by atoms with Gasteiger partial charge < -0.3 is 5.73 Å². The number of nitrogens with one attached hydrogen (secondary N) is 1. The van der Waals surface area contributed by atoms with Crippen molar-refractivity contribution in [1.29, 1.82) is 0 Å². The minimum Gasteiger partial charge on any atom is -0.375 e. The highest BCUT2D eigenvalue weighted by molar-refractivity contribution is 7.80. The van der Waals surface area contributed by atoms with Gasteiger partial charge in [0.25, 0.3) is 0 Å². The first-order valence-corrected chi connectivity index (χ1v) is 5.70. The van der Waals surface area contributed by atoms with E-state index in [1.54, 1.807) is 0 Å². The number of hydrazone groups is 1. The molecule has 0 aromatic rings. The lowest BCUT2D eigenvalue weighted by molar-refractivity contribution is 0.531. The third-order valence-electron chi connectivity index (χ3n) is 2.68. The molecule has 0 aliphatic heterocycles. The van der Waals surface area contributed by atoms with E-state index in [1.165, 1.54) is 17.6 Å². The summed E-state index contributed by atoms with van der Waals surface area (Å²) in [6, 6.07) is 0. The second-order valence-corrected chi connectivity index (χ2v) is 4.80. The number of rotatable bonds is 1. The van der Waals surface area contributed by atoms with Crippen molar-refractivity contribution in [3.63, 3.8) is 0 Å². The molecule has 1 aliphatic rings. The molecule has 0 aromatic heterocycles. The summed E-state index contributed by atoms with van der Waals surface area (Å²) in [5.41, 5.74) is 11.9. The highest BCUT2D eigenvalue weighted by Gasteiger charge is 2.19. The van der Waals surface area contributed by atoms with E-state index >= 15 is 0 Å². The Morgan fingerprint density at radius 2 is 2.20 bits per heavy atom. The highest BCUT2D eigenvalue weighted by Crippen LogP contribution is 2.27. The van der Waals surface area contributed by atoms with Crippen LogP contribution in [0.15, 0.2) is 16.2 Å². The van der Waals surface area contributed by atoms with Crippen LogP contribution in [0.4, 0.5) is 0 Å². The van der Waals surface area contributed by atoms with Gasteiger partial charge in [-0.15, -0.1) is 0 Å². The second kappa shape index (κ2) is 5.26. The van der Waals surface area contributed by atoms with Gasteiger partial charge >= 0.3 is 0 Å². The van der Waals surface area contributed by atoms with Gasteiger partial charge in [0.05, 0.1) is 5.71 Å². The first kappa shape index (κ1) is 12.2. The van der Waals surface area contributed by atoms with Crippen LogP contribution in [-0.2, 0) is 0 Å². The molecule has 1 aliphatic carbocycles. The van der Waals surface area contributed by atoms with Crippen molar-refractivity contribution in [2.45, 2.75) is 40.0 Å². The van der Waals surface area contributed by atoms with E-state index in [4.69, 9.17) is 18.0 Å². The van der Waals surface area contributed by atoms with Gasteiger partial charge in [0, 0.05) is 0 Å². The van der Waals surface area contributed by atoms with Crippen molar-refractivity contribution < 1.29 is 0 Å². The number of hydrogen-bond acceptors (Lipinski definition) is 2. The third-order valence-corrected chi connectivity index (χ3v) is 2.77. The van der Waals surface area contributed by atoms with E-state index in [2.05, 4.69) is 31.3 Å². The zero-order valence-electron chi connectivity index (χ0n) is 9.63. The molecule has 0 radical (unpaired) electrons. The zero-order valence-corrected chi connectivity index (χ0v) is 10.4. The Balaban J connectivity index is 2.84. The number of allylic oxidation sites excluding steroid dienone is 2. The quantitative estimate of drug-likeness (QED) is 0.532. The maximum absolute atomic E-state index is 5.36. The maximum atomic E-state index is 5.36. The Hall–Kier alpha value is -0.900. The summed E-state index contributed by atoms with van der Waals surface area (Å²) < 4.78 is 0. The average molecular weight is 225 g/mol. The zero-order chi connectivity index (χ0) is 11.4. The number of hydrogen-bond donors (Lipinski definition) is 2. The Morgan fingerprint density at radius 1 is 1.53 bits per heavy atom. The van der Waals surface area contributed by atoms with Crippen LogP contribution < -0.4 is 11.2 Å². The molecule has 0 bridgehead atoms. The summed E-state index contributed by atoms with van der Waals surface area (Å²) in [7, 11) is 0. The maximum Gasteiger partial charge on any atom is 0.184 e. The summed E-state index contributed by atoms with van der Waals surface area (Å²) >= 11 is 4.74. The van der Waals surface area contributed by atoms with Gasteiger partial charge in [-0.2, -0.15) is 5.10 Å². The van der Waals surface area contributed by atoms with Gasteiger partial charge in [-0.05, 0) is 56.8 Å². The molecule has 1 atom stereocenters. The fraction of sp³-hybridized carbons (Fsp3) is 0.636. The molecule has 1 rings (SSSR count). The van der Waals surface area contributed by atoms with Crippen molar-refractivity contribution in [3.8, 4) is 0 Å². The first-order valence-electron chi connectivity index (χ1n) is 5.29. The highest BCUT2D eigenvalue weighted by atomic mass is 32.1. The van der Waals surface area contributed by atoms with E-state index < -0.39 is 0 Å². The fourth-order valence-electron chi connectivity index (χ4n) is 1.86. The molecule has 0 heterocycles. The van der Waals surface area contributed by atoms with Crippen molar-refractivity contribution >= 4 is 23.0 Å². The predicted molar refractivity (Wildman–Crippen MR) is 68.7 cm³/mol. The van der Waals surface area contributed by atoms with Gasteiger partial charge in [-0.3, -0.25) is 5.43 Å². The van der Waals surface area contributed by atoms with Crippen LogP contribution in [0.25, 0.3) is 0 Å². The van der Waals surface area contributed by atoms with Crippen LogP contribution in [0.2, 0.25) is 0 Å². The summed E-state index contributed by atoms with van der Waals surface area (Å²) in [5, 5.41) is 4.51. The molecule has 4 heteroatoms. The van der Waals surface area contributed by atoms with Crippen LogP contribution in [0.1, 0.15) is 40.0 Å². The molecule has 3 N–H and O–H groups in total. The third kappa shape index (κ3) is 3.63. The fourth-order valence-corrected chi connectivity index (χ4v) is 1.91. The number of thiocarbonyl (C=S) groups is 1. The van der Waals surface area contributed by atoms with Gasteiger partial charge in [0.2, 0.25) is 0 Å². The number of nitrogens with zero attached hydrogens (tertiary/aromatic N) is 1. The summed E-state index contributed by atoms with van der Waals surface area (Å²) in [6.07, 6.45) is 3.37. The summed E-state index contributed by atoms with van der Waals surface area (Å²) in [5.74, 6) is 0.694. The molecule has 15 heavy (non-hydrogen) atoms. The van der Waals surface area contributed by atoms with Crippen molar-refractivity contribution in [2.75, 3.05) is 0 Å². The molecular weight excluding hydrogens is 206 g/mol. The minimum atomic E-state index is 0.230. The molecule has 1 fully saturated rings. The SMILES string of the molecule is CC(C)=C1CC[C@@H](C)C/C1=N\NC(N)=S. The van der Waals surface area contributed by atoms with Gasteiger partial charge in [0.15, 0.2) is 5.11 Å². The van der Waals surface area contributed by atoms with Gasteiger partial charge in [-0.1, -0.05) is 12.5 Å². The monoisotopic (exact) mass is 225 g/mol. The molecule has 0 saturated heterocycles. The van der Waals surface area contributed by atoms with Crippen LogP contribution in [-0.4, -0.2) is 10.8 Å². The smallest absolute Gasteiger partial charge is 0.184 e. The first-order chi connectivity index (χ1) is 7.00. The topological polar surface area (TPSA) is 50.4 Å². The summed E-state index contributed by atoms with van der Waals surface area (Å²) in [6.45, 7) is 6.50. The van der Waals surface area contributed by atoms with E-state index in [9.17, 15) is 0 Å². The van der Waals surface area contributed by atoms with E-state index in [-0.39, 0.29) is 5.11 Å². The molecular formula is C11H19N3S. The van der Waals surface area contributed by atoms with Crippen molar-refractivity contribution in [1.82, 2.24) is 5.43 Å². The molecule has 1 saturated carbocycles. The Kier molecular flexibility index (Phi) is 4.27. The Morgan fingerprint density at radius 3 is 2.73 bits per heavy atom. The molecule has 0 aromatic carbocycles. The Bertz CT molecular complexity index is 314. The molecule has 84 valence electrons. The average Bonchev–Trinajstić information content (AvgIpc) is 2.14. The standard InChI is InChI=1S/C11H19N3S/c1-7(2)9-5-4-8(3)6-10(9)13-14-11(12)15/h8H,4-6H2,1-3H3,(H3,12,14,15)/b13-10+/t8-/m1/s1. The normalized spacial score (nSPS) is 24.1. The second-order valence-electron chi connectivity index (χ2n) is 4.36. The van der Waals surface area contributed by atoms with Crippen molar-refractivity contribution in [2.24, 2.45) is 16.8 Å². The van der Waals surface area contributed by atoms with Crippen LogP contribution in [0.3, 0.4) is 0 Å². The lowest BCUT2D eigenvalue weighted by Gasteiger charge is -2.23. The molecule has 0 amide bonds. The van der Waals surface area contributed by atoms with Crippen molar-refractivity contribution in [3.05, 3.63) is 11.1 Å². The van der Waals surface area contributed by atoms with Crippen LogP contribution >= 0.6 is 12.2 Å². The van der Waals surface area contributed by atoms with Crippen LogP contribution in [0, 0.1) is 5.92 Å². The van der Waals surface area contributed by atoms with Crippen LogP contribution in [0.5, 0.6) is 0 Å². The molecule has 0 unspecified atom stereocenters. The lowest BCUT2D eigenvalue weighted by Crippen LogP contribution is -2.27. The van der Waals surface area contributed by atoms with E-state index in [0.29, 0.717) is 5.92 Å². The van der Waals surface area contributed by atoms with E-state index in [1.807, 2.05) is 0 Å². The summed E-state index contributed by atoms with van der Waals surface area (Å²) in [4.78, 5) is 0.